The highest BCUT2D eigenvalue weighted by Crippen LogP contribution is 2.35. The molecule has 0 spiro atoms. The van der Waals surface area contributed by atoms with E-state index in [-0.39, 0.29) is 36.7 Å². The molecule has 0 bridgehead atoms. The van der Waals surface area contributed by atoms with Crippen molar-refractivity contribution in [2.45, 2.75) is 105 Å². The monoisotopic (exact) mass is 590 g/mol. The van der Waals surface area contributed by atoms with E-state index in [1.165, 1.54) is 0 Å². The largest absolute Gasteiger partial charge is 0.481 e. The van der Waals surface area contributed by atoms with Crippen molar-refractivity contribution in [3.8, 4) is 0 Å². The smallest absolute Gasteiger partial charge is 0.303 e. The maximum Gasteiger partial charge on any atom is 0.303 e. The van der Waals surface area contributed by atoms with Gasteiger partial charge in [-0.25, -0.2) is 0 Å². The van der Waals surface area contributed by atoms with Crippen molar-refractivity contribution in [3.63, 3.8) is 0 Å². The van der Waals surface area contributed by atoms with E-state index < -0.39 is 11.9 Å². The van der Waals surface area contributed by atoms with Gasteiger partial charge in [0, 0.05) is 53.9 Å². The summed E-state index contributed by atoms with van der Waals surface area (Å²) in [5, 5.41) is 25.0. The molecule has 0 saturated heterocycles. The van der Waals surface area contributed by atoms with E-state index in [2.05, 4.69) is 15.6 Å². The number of aromatic nitrogens is 1. The lowest BCUT2D eigenvalue weighted by Gasteiger charge is -2.14. The van der Waals surface area contributed by atoms with Crippen LogP contribution in [0.4, 0.5) is 0 Å². The van der Waals surface area contributed by atoms with Gasteiger partial charge in [-0.3, -0.25) is 24.2 Å². The van der Waals surface area contributed by atoms with Gasteiger partial charge in [-0.2, -0.15) is 0 Å². The molecule has 0 fully saturated rings. The first-order chi connectivity index (χ1) is 20.4. The molecule has 4 rings (SSSR count). The van der Waals surface area contributed by atoms with Gasteiger partial charge in [-0.05, 0) is 92.9 Å². The third-order valence-corrected chi connectivity index (χ3v) is 9.09. The maximum absolute atomic E-state index is 12.4. The van der Waals surface area contributed by atoms with Crippen LogP contribution in [-0.2, 0) is 32.0 Å². The number of H-pyrrole nitrogens is 1. The number of nitrogens with zero attached hydrogens (tertiary/aromatic N) is 1. The first-order valence-corrected chi connectivity index (χ1v) is 15.0. The zero-order valence-corrected chi connectivity index (χ0v) is 25.9. The van der Waals surface area contributed by atoms with Crippen LogP contribution in [0, 0.1) is 6.92 Å². The van der Waals surface area contributed by atoms with Gasteiger partial charge >= 0.3 is 11.9 Å². The zero-order valence-electron chi connectivity index (χ0n) is 25.9. The Morgan fingerprint density at radius 3 is 2.09 bits per heavy atom. The fourth-order valence-corrected chi connectivity index (χ4v) is 6.49. The Morgan fingerprint density at radius 2 is 1.49 bits per heavy atom. The van der Waals surface area contributed by atoms with Crippen LogP contribution < -0.4 is 10.6 Å². The Kier molecular flexibility index (Phi) is 9.57. The van der Waals surface area contributed by atoms with E-state index in [1.807, 2.05) is 47.6 Å². The van der Waals surface area contributed by atoms with Crippen LogP contribution in [0.5, 0.6) is 0 Å². The summed E-state index contributed by atoms with van der Waals surface area (Å²) >= 11 is 0. The second-order valence-corrected chi connectivity index (χ2v) is 11.6. The SMILES string of the molecule is CCC1=C(C)[C@@H](CC2=N/C(=C\c3[nH]c(C[C@H]4NC(=O)C(C)=C4CC)c(C)c3CCC(=O)O)C(CCC(=O)O)=C2C)NC1=O. The van der Waals surface area contributed by atoms with Crippen LogP contribution >= 0.6 is 0 Å². The minimum atomic E-state index is -0.906. The third-order valence-electron chi connectivity index (χ3n) is 9.09. The highest BCUT2D eigenvalue weighted by atomic mass is 16.4. The van der Waals surface area contributed by atoms with Crippen molar-refractivity contribution in [3.05, 3.63) is 61.7 Å². The number of aliphatic imine (C=N–C) groups is 1. The van der Waals surface area contributed by atoms with Gasteiger partial charge in [-0.15, -0.1) is 0 Å². The number of allylic oxidation sites excluding steroid dienone is 2. The van der Waals surface area contributed by atoms with Gasteiger partial charge < -0.3 is 25.8 Å². The molecule has 0 aromatic carbocycles. The molecule has 10 nitrogen and oxygen atoms in total. The minimum absolute atomic E-state index is 0.0459. The maximum atomic E-state index is 12.4. The molecule has 5 N–H and O–H groups in total. The predicted molar refractivity (Wildman–Crippen MR) is 165 cm³/mol. The van der Waals surface area contributed by atoms with Gasteiger partial charge in [0.15, 0.2) is 0 Å². The number of carboxylic acids is 2. The number of nitrogens with one attached hydrogen (secondary N) is 3. The number of aliphatic carboxylic acids is 2. The molecular weight excluding hydrogens is 548 g/mol. The number of carbonyl (C=O) groups excluding carboxylic acids is 2. The highest BCUT2D eigenvalue weighted by molar-refractivity contribution is 6.07. The topological polar surface area (TPSA) is 161 Å². The molecule has 0 saturated carbocycles. The fraction of sp³-hybridized carbons (Fsp3) is 0.485. The summed E-state index contributed by atoms with van der Waals surface area (Å²) in [5.74, 6) is -1.93. The fourth-order valence-electron chi connectivity index (χ4n) is 6.49. The van der Waals surface area contributed by atoms with Gasteiger partial charge in [0.05, 0.1) is 17.8 Å². The van der Waals surface area contributed by atoms with Gasteiger partial charge in [-0.1, -0.05) is 13.8 Å². The van der Waals surface area contributed by atoms with E-state index in [4.69, 9.17) is 4.99 Å². The van der Waals surface area contributed by atoms with Crippen molar-refractivity contribution >= 4 is 35.5 Å². The average molecular weight is 591 g/mol. The molecule has 3 aliphatic rings. The summed E-state index contributed by atoms with van der Waals surface area (Å²) in [7, 11) is 0. The molecule has 4 heterocycles. The van der Waals surface area contributed by atoms with Crippen molar-refractivity contribution in [1.82, 2.24) is 15.6 Å². The Bertz CT molecular complexity index is 1530. The molecule has 2 amide bonds. The van der Waals surface area contributed by atoms with Crippen molar-refractivity contribution < 1.29 is 29.4 Å². The van der Waals surface area contributed by atoms with Crippen LogP contribution in [-0.4, -0.2) is 56.7 Å². The normalized spacial score (nSPS) is 21.3. The summed E-state index contributed by atoms with van der Waals surface area (Å²) in [4.78, 5) is 56.3. The standard InChI is InChI=1S/C33H42N4O6/c1-7-20-19(6)32(42)37-27(20)14-25-18(5)23(10-12-31(40)41)29(35-25)15-28-22(9-11-30(38)39)17(4)24(34-28)13-26-16(3)21(8-2)33(43)36-26/h15,26-27,35H,7-14H2,1-6H3,(H,36,43)(H,37,42)(H,38,39)(H,40,41)/b28-15-/t26-,27-/m1/s1. The molecule has 1 aromatic rings. The molecular formula is C33H42N4O6. The van der Waals surface area contributed by atoms with E-state index >= 15 is 0 Å². The van der Waals surface area contributed by atoms with Crippen molar-refractivity contribution in [1.29, 1.82) is 0 Å². The summed E-state index contributed by atoms with van der Waals surface area (Å²) in [6.45, 7) is 11.7. The lowest BCUT2D eigenvalue weighted by molar-refractivity contribution is -0.138. The Hall–Kier alpha value is -4.21. The summed E-state index contributed by atoms with van der Waals surface area (Å²) in [6.07, 6.45) is 4.84. The zero-order chi connectivity index (χ0) is 31.6. The van der Waals surface area contributed by atoms with Gasteiger partial charge in [0.1, 0.15) is 0 Å². The van der Waals surface area contributed by atoms with Gasteiger partial charge in [0.2, 0.25) is 11.8 Å². The summed E-state index contributed by atoms with van der Waals surface area (Å²) in [6, 6.07) is -0.314. The summed E-state index contributed by atoms with van der Waals surface area (Å²) in [5.41, 5.74) is 10.2. The number of aromatic amines is 1. The predicted octanol–water partition coefficient (Wildman–Crippen LogP) is 4.70. The Balaban J connectivity index is 1.74. The molecule has 0 aliphatic carbocycles. The van der Waals surface area contributed by atoms with Crippen LogP contribution in [0.25, 0.3) is 6.08 Å². The quantitative estimate of drug-likeness (QED) is 0.224. The van der Waals surface area contributed by atoms with Crippen LogP contribution in [0.3, 0.4) is 0 Å². The molecule has 43 heavy (non-hydrogen) atoms. The number of hydrogen-bond acceptors (Lipinski definition) is 5. The van der Waals surface area contributed by atoms with Crippen molar-refractivity contribution in [2.75, 3.05) is 0 Å². The number of carboxylic acid groups (broad SMARTS) is 2. The average Bonchev–Trinajstić information content (AvgIpc) is 3.59. The first kappa shape index (κ1) is 31.7. The van der Waals surface area contributed by atoms with E-state index in [9.17, 15) is 29.4 Å². The molecule has 2 atom stereocenters. The Labute approximate surface area is 252 Å². The second-order valence-electron chi connectivity index (χ2n) is 11.6. The minimum Gasteiger partial charge on any atom is -0.481 e. The van der Waals surface area contributed by atoms with Crippen molar-refractivity contribution in [2.24, 2.45) is 4.99 Å². The molecule has 0 unspecified atom stereocenters. The molecule has 3 aliphatic heterocycles. The lowest BCUT2D eigenvalue weighted by Crippen LogP contribution is -2.31. The number of carbonyl (C=O) groups is 4. The van der Waals surface area contributed by atoms with Gasteiger partial charge in [0.25, 0.3) is 0 Å². The number of amides is 2. The van der Waals surface area contributed by atoms with Crippen LogP contribution in [0.2, 0.25) is 0 Å². The molecule has 0 radical (unpaired) electrons. The van der Waals surface area contributed by atoms with E-state index in [0.717, 1.165) is 68.1 Å². The highest BCUT2D eigenvalue weighted by Gasteiger charge is 2.32. The first-order valence-electron chi connectivity index (χ1n) is 15.0. The molecule has 230 valence electrons. The van der Waals surface area contributed by atoms with Crippen LogP contribution in [0.15, 0.2) is 44.1 Å². The Morgan fingerprint density at radius 1 is 0.837 bits per heavy atom. The second kappa shape index (κ2) is 13.0. The third kappa shape index (κ3) is 6.58. The van der Waals surface area contributed by atoms with E-state index in [1.54, 1.807) is 0 Å². The molecule has 1 aromatic heterocycles. The lowest BCUT2D eigenvalue weighted by atomic mass is 9.95. The number of hydrogen-bond donors (Lipinski definition) is 5. The number of rotatable bonds is 13. The van der Waals surface area contributed by atoms with E-state index in [0.29, 0.717) is 37.8 Å². The summed E-state index contributed by atoms with van der Waals surface area (Å²) < 4.78 is 0. The van der Waals surface area contributed by atoms with Crippen LogP contribution in [0.1, 0.15) is 95.7 Å². The molecule has 10 heteroatoms.